The predicted octanol–water partition coefficient (Wildman–Crippen LogP) is 4.27. The lowest BCUT2D eigenvalue weighted by Gasteiger charge is -2.33. The standard InChI is InChI=1S/C28H32ClN3O4S/c1-3-18-30-28(34)26(19-22-12-6-4-7-13-22)31(20-23-14-10-11-17-25(23)29)27(33)21-32(37(2,35)36)24-15-8-5-9-16-24/h4-17,26H,3,18-21H2,1-2H3,(H,30,34). The normalized spacial score (nSPS) is 12.0. The van der Waals surface area contributed by atoms with Crippen LogP contribution in [0.25, 0.3) is 0 Å². The fraction of sp³-hybridized carbons (Fsp3) is 0.286. The summed E-state index contributed by atoms with van der Waals surface area (Å²) in [5, 5.41) is 3.36. The highest BCUT2D eigenvalue weighted by Gasteiger charge is 2.33. The number of para-hydroxylation sites is 1. The highest BCUT2D eigenvalue weighted by atomic mass is 35.5. The summed E-state index contributed by atoms with van der Waals surface area (Å²) >= 11 is 6.43. The van der Waals surface area contributed by atoms with Gasteiger partial charge in [0.15, 0.2) is 0 Å². The van der Waals surface area contributed by atoms with Gasteiger partial charge >= 0.3 is 0 Å². The van der Waals surface area contributed by atoms with E-state index in [0.717, 1.165) is 22.5 Å². The van der Waals surface area contributed by atoms with Crippen LogP contribution in [0.5, 0.6) is 0 Å². The number of amides is 2. The molecule has 0 bridgehead atoms. The zero-order valence-electron chi connectivity index (χ0n) is 21.0. The second-order valence-electron chi connectivity index (χ2n) is 8.71. The molecule has 0 radical (unpaired) electrons. The fourth-order valence-corrected chi connectivity index (χ4v) is 4.98. The van der Waals surface area contributed by atoms with E-state index in [9.17, 15) is 18.0 Å². The van der Waals surface area contributed by atoms with Gasteiger partial charge in [0, 0.05) is 24.5 Å². The summed E-state index contributed by atoms with van der Waals surface area (Å²) in [4.78, 5) is 28.7. The molecule has 1 atom stereocenters. The van der Waals surface area contributed by atoms with Crippen LogP contribution in [0.4, 0.5) is 5.69 Å². The van der Waals surface area contributed by atoms with Crippen LogP contribution >= 0.6 is 11.6 Å². The SMILES string of the molecule is CCCNC(=O)C(Cc1ccccc1)N(Cc1ccccc1Cl)C(=O)CN(c1ccccc1)S(C)(=O)=O. The molecule has 196 valence electrons. The Morgan fingerprint density at radius 1 is 0.919 bits per heavy atom. The quantitative estimate of drug-likeness (QED) is 0.371. The number of benzene rings is 3. The molecule has 3 rings (SSSR count). The Balaban J connectivity index is 2.03. The molecule has 0 saturated heterocycles. The van der Waals surface area contributed by atoms with Gasteiger partial charge in [-0.05, 0) is 35.7 Å². The average molecular weight is 542 g/mol. The second kappa shape index (κ2) is 13.3. The van der Waals surface area contributed by atoms with Crippen molar-refractivity contribution in [2.45, 2.75) is 32.4 Å². The third kappa shape index (κ3) is 8.06. The van der Waals surface area contributed by atoms with Gasteiger partial charge in [0.25, 0.3) is 0 Å². The summed E-state index contributed by atoms with van der Waals surface area (Å²) in [5.41, 5.74) is 1.90. The Morgan fingerprint density at radius 3 is 2.11 bits per heavy atom. The number of halogens is 1. The summed E-state index contributed by atoms with van der Waals surface area (Å²) in [6.45, 7) is 1.99. The summed E-state index contributed by atoms with van der Waals surface area (Å²) < 4.78 is 26.4. The Hall–Kier alpha value is -3.36. The van der Waals surface area contributed by atoms with Crippen LogP contribution in [0.15, 0.2) is 84.9 Å². The summed E-state index contributed by atoms with van der Waals surface area (Å²) in [6.07, 6.45) is 2.05. The second-order valence-corrected chi connectivity index (χ2v) is 11.0. The third-order valence-electron chi connectivity index (χ3n) is 5.84. The molecular weight excluding hydrogens is 510 g/mol. The molecule has 0 spiro atoms. The van der Waals surface area contributed by atoms with E-state index < -0.39 is 28.5 Å². The van der Waals surface area contributed by atoms with Crippen molar-refractivity contribution in [2.24, 2.45) is 0 Å². The molecule has 37 heavy (non-hydrogen) atoms. The minimum Gasteiger partial charge on any atom is -0.354 e. The highest BCUT2D eigenvalue weighted by Crippen LogP contribution is 2.22. The van der Waals surface area contributed by atoms with Crippen molar-refractivity contribution in [1.82, 2.24) is 10.2 Å². The van der Waals surface area contributed by atoms with E-state index in [2.05, 4.69) is 5.32 Å². The van der Waals surface area contributed by atoms with Gasteiger partial charge in [-0.2, -0.15) is 0 Å². The maximum atomic E-state index is 13.9. The van der Waals surface area contributed by atoms with Crippen molar-refractivity contribution in [3.8, 4) is 0 Å². The smallest absolute Gasteiger partial charge is 0.244 e. The van der Waals surface area contributed by atoms with Crippen molar-refractivity contribution in [3.63, 3.8) is 0 Å². The predicted molar refractivity (Wildman–Crippen MR) is 148 cm³/mol. The van der Waals surface area contributed by atoms with Crippen LogP contribution in [0.1, 0.15) is 24.5 Å². The van der Waals surface area contributed by atoms with Gasteiger partial charge in [0.2, 0.25) is 21.8 Å². The van der Waals surface area contributed by atoms with E-state index in [0.29, 0.717) is 22.8 Å². The number of carbonyl (C=O) groups excluding carboxylic acids is 2. The zero-order valence-corrected chi connectivity index (χ0v) is 22.6. The molecule has 0 aliphatic carbocycles. The van der Waals surface area contributed by atoms with E-state index in [1.807, 2.05) is 37.3 Å². The molecule has 1 unspecified atom stereocenters. The first-order valence-corrected chi connectivity index (χ1v) is 14.3. The third-order valence-corrected chi connectivity index (χ3v) is 7.35. The van der Waals surface area contributed by atoms with Gasteiger partial charge in [-0.25, -0.2) is 8.42 Å². The largest absolute Gasteiger partial charge is 0.354 e. The lowest BCUT2D eigenvalue weighted by atomic mass is 10.0. The first-order chi connectivity index (χ1) is 17.7. The molecule has 0 saturated carbocycles. The average Bonchev–Trinajstić information content (AvgIpc) is 2.89. The zero-order chi connectivity index (χ0) is 26.8. The van der Waals surface area contributed by atoms with Crippen LogP contribution in [-0.2, 0) is 32.6 Å². The van der Waals surface area contributed by atoms with E-state index in [1.54, 1.807) is 54.6 Å². The van der Waals surface area contributed by atoms with Crippen LogP contribution in [-0.4, -0.2) is 50.5 Å². The van der Waals surface area contributed by atoms with Gasteiger partial charge < -0.3 is 10.2 Å². The van der Waals surface area contributed by atoms with E-state index in [4.69, 9.17) is 11.6 Å². The van der Waals surface area contributed by atoms with Crippen LogP contribution in [0.3, 0.4) is 0 Å². The number of hydrogen-bond acceptors (Lipinski definition) is 4. The minimum atomic E-state index is -3.79. The molecule has 0 fully saturated rings. The van der Waals surface area contributed by atoms with Gasteiger partial charge in [-0.3, -0.25) is 13.9 Å². The number of anilines is 1. The topological polar surface area (TPSA) is 86.8 Å². The lowest BCUT2D eigenvalue weighted by molar-refractivity contribution is -0.140. The number of nitrogens with zero attached hydrogens (tertiary/aromatic N) is 2. The molecule has 9 heteroatoms. The Morgan fingerprint density at radius 2 is 1.51 bits per heavy atom. The highest BCUT2D eigenvalue weighted by molar-refractivity contribution is 7.92. The molecule has 1 N–H and O–H groups in total. The first kappa shape index (κ1) is 28.2. The van der Waals surface area contributed by atoms with E-state index >= 15 is 0 Å². The molecule has 0 aromatic heterocycles. The van der Waals surface area contributed by atoms with Crippen LogP contribution < -0.4 is 9.62 Å². The Kier molecular flexibility index (Phi) is 10.1. The van der Waals surface area contributed by atoms with Crippen molar-refractivity contribution in [2.75, 3.05) is 23.7 Å². The molecular formula is C28H32ClN3O4S. The number of hydrogen-bond donors (Lipinski definition) is 1. The van der Waals surface area contributed by atoms with Crippen molar-refractivity contribution in [3.05, 3.63) is 101 Å². The molecule has 7 nitrogen and oxygen atoms in total. The summed E-state index contributed by atoms with van der Waals surface area (Å²) in [5.74, 6) is -0.821. The van der Waals surface area contributed by atoms with Crippen LogP contribution in [0, 0.1) is 0 Å². The molecule has 0 aliphatic heterocycles. The van der Waals surface area contributed by atoms with E-state index in [-0.39, 0.29) is 18.9 Å². The molecule has 3 aromatic carbocycles. The Labute approximate surface area is 224 Å². The van der Waals surface area contributed by atoms with Crippen molar-refractivity contribution in [1.29, 1.82) is 0 Å². The maximum absolute atomic E-state index is 13.9. The monoisotopic (exact) mass is 541 g/mol. The maximum Gasteiger partial charge on any atom is 0.244 e. The molecule has 0 aliphatic rings. The summed E-state index contributed by atoms with van der Waals surface area (Å²) in [6, 6.07) is 24.1. The van der Waals surface area contributed by atoms with Crippen molar-refractivity contribution >= 4 is 39.1 Å². The van der Waals surface area contributed by atoms with Crippen molar-refractivity contribution < 1.29 is 18.0 Å². The number of nitrogens with one attached hydrogen (secondary N) is 1. The summed E-state index contributed by atoms with van der Waals surface area (Å²) in [7, 11) is -3.79. The van der Waals surface area contributed by atoms with Gasteiger partial charge in [-0.1, -0.05) is 85.3 Å². The number of carbonyl (C=O) groups is 2. The van der Waals surface area contributed by atoms with Gasteiger partial charge in [-0.15, -0.1) is 0 Å². The van der Waals surface area contributed by atoms with Gasteiger partial charge in [0.1, 0.15) is 12.6 Å². The fourth-order valence-electron chi connectivity index (χ4n) is 3.94. The number of rotatable bonds is 12. The van der Waals surface area contributed by atoms with Crippen LogP contribution in [0.2, 0.25) is 5.02 Å². The minimum absolute atomic E-state index is 0.0436. The first-order valence-electron chi connectivity index (χ1n) is 12.1. The van der Waals surface area contributed by atoms with Gasteiger partial charge in [0.05, 0.1) is 11.9 Å². The lowest BCUT2D eigenvalue weighted by Crippen LogP contribution is -2.53. The van der Waals surface area contributed by atoms with E-state index in [1.165, 1.54) is 4.90 Å². The Bertz CT molecular complexity index is 1290. The molecule has 2 amide bonds. The number of sulfonamides is 1. The molecule has 0 heterocycles. The molecule has 3 aromatic rings.